The van der Waals surface area contributed by atoms with Crippen molar-refractivity contribution < 1.29 is 14.3 Å². The highest BCUT2D eigenvalue weighted by atomic mass is 16.6. The second-order valence-corrected chi connectivity index (χ2v) is 4.91. The molecule has 0 bridgehead atoms. The average Bonchev–Trinajstić information content (AvgIpc) is 2.52. The lowest BCUT2D eigenvalue weighted by Crippen LogP contribution is -2.26. The van der Waals surface area contributed by atoms with Gasteiger partial charge in [-0.15, -0.1) is 0 Å². The molecule has 94 valence electrons. The van der Waals surface area contributed by atoms with Gasteiger partial charge in [0.25, 0.3) is 0 Å². The smallest absolute Gasteiger partial charge is 0.161 e. The van der Waals surface area contributed by atoms with Gasteiger partial charge in [-0.3, -0.25) is 0 Å². The summed E-state index contributed by atoms with van der Waals surface area (Å²) in [6.45, 7) is 6.04. The molecule has 1 aliphatic heterocycles. The summed E-state index contributed by atoms with van der Waals surface area (Å²) in [4.78, 5) is 4.76. The molecule has 2 N–H and O–H groups in total. The van der Waals surface area contributed by atoms with Gasteiger partial charge in [0.2, 0.25) is 0 Å². The van der Waals surface area contributed by atoms with Gasteiger partial charge in [0.15, 0.2) is 11.5 Å². The van der Waals surface area contributed by atoms with Gasteiger partial charge >= 0.3 is 0 Å². The van der Waals surface area contributed by atoms with Crippen molar-refractivity contribution in [2.24, 2.45) is 5.90 Å². The molecule has 1 aromatic rings. The molecule has 0 saturated heterocycles. The van der Waals surface area contributed by atoms with Crippen molar-refractivity contribution in [2.45, 2.75) is 25.7 Å². The lowest BCUT2D eigenvalue weighted by molar-refractivity contribution is 0.0963. The van der Waals surface area contributed by atoms with Crippen molar-refractivity contribution in [3.8, 4) is 11.5 Å². The van der Waals surface area contributed by atoms with Crippen LogP contribution in [0.2, 0.25) is 0 Å². The van der Waals surface area contributed by atoms with Crippen LogP contribution in [0.3, 0.4) is 0 Å². The first-order valence-corrected chi connectivity index (χ1v) is 5.85. The molecule has 2 rings (SSSR count). The van der Waals surface area contributed by atoms with E-state index in [1.165, 1.54) is 0 Å². The number of hydrogen-bond acceptors (Lipinski definition) is 4. The summed E-state index contributed by atoms with van der Waals surface area (Å²) in [7, 11) is 0. The van der Waals surface area contributed by atoms with Crippen LogP contribution < -0.4 is 15.4 Å². The third-order valence-electron chi connectivity index (χ3n) is 2.97. The first kappa shape index (κ1) is 12.2. The Bertz CT molecular complexity index is 390. The summed E-state index contributed by atoms with van der Waals surface area (Å²) in [6.07, 6.45) is 0.916. The maximum Gasteiger partial charge on any atom is 0.161 e. The van der Waals surface area contributed by atoms with E-state index in [1.807, 2.05) is 18.2 Å². The van der Waals surface area contributed by atoms with Gasteiger partial charge in [-0.05, 0) is 17.7 Å². The van der Waals surface area contributed by atoms with Crippen molar-refractivity contribution >= 4 is 0 Å². The minimum Gasteiger partial charge on any atom is -0.490 e. The molecule has 4 heteroatoms. The van der Waals surface area contributed by atoms with Crippen LogP contribution in [0.25, 0.3) is 0 Å². The van der Waals surface area contributed by atoms with Crippen LogP contribution in [0.4, 0.5) is 0 Å². The zero-order valence-corrected chi connectivity index (χ0v) is 10.4. The highest BCUT2D eigenvalue weighted by Crippen LogP contribution is 2.34. The summed E-state index contributed by atoms with van der Waals surface area (Å²) >= 11 is 0. The summed E-state index contributed by atoms with van der Waals surface area (Å²) in [6, 6.07) is 6.00. The van der Waals surface area contributed by atoms with E-state index in [0.29, 0.717) is 19.8 Å². The second-order valence-electron chi connectivity index (χ2n) is 4.91. The van der Waals surface area contributed by atoms with Crippen LogP contribution in [0.5, 0.6) is 11.5 Å². The second kappa shape index (κ2) is 4.94. The largest absolute Gasteiger partial charge is 0.490 e. The van der Waals surface area contributed by atoms with Gasteiger partial charge in [-0.25, -0.2) is 5.90 Å². The van der Waals surface area contributed by atoms with E-state index < -0.39 is 0 Å². The fraction of sp³-hybridized carbons (Fsp3) is 0.538. The molecule has 1 heterocycles. The SMILES string of the molecule is CC(C)(CON)c1ccc2c(c1)OCCCO2. The molecular formula is C13H19NO3. The Kier molecular flexibility index (Phi) is 3.54. The lowest BCUT2D eigenvalue weighted by Gasteiger charge is -2.24. The molecule has 0 fully saturated rings. The molecule has 0 saturated carbocycles. The van der Waals surface area contributed by atoms with Crippen molar-refractivity contribution in [1.29, 1.82) is 0 Å². The zero-order chi connectivity index (χ0) is 12.3. The fourth-order valence-corrected chi connectivity index (χ4v) is 1.88. The Hall–Kier alpha value is -1.26. The number of fused-ring (bicyclic) bond motifs is 1. The average molecular weight is 237 g/mol. The standard InChI is InChI=1S/C13H19NO3/c1-13(2,9-17-14)10-4-5-11-12(8-10)16-7-3-6-15-11/h4-5,8H,3,6-7,9,14H2,1-2H3. The van der Waals surface area contributed by atoms with E-state index in [4.69, 9.17) is 20.2 Å². The summed E-state index contributed by atoms with van der Waals surface area (Å²) in [5.41, 5.74) is 0.992. The lowest BCUT2D eigenvalue weighted by atomic mass is 9.85. The Morgan fingerprint density at radius 1 is 1.24 bits per heavy atom. The number of benzene rings is 1. The monoisotopic (exact) mass is 237 g/mol. The predicted molar refractivity (Wildman–Crippen MR) is 65.2 cm³/mol. The van der Waals surface area contributed by atoms with Crippen LogP contribution in [-0.4, -0.2) is 19.8 Å². The topological polar surface area (TPSA) is 53.7 Å². The maximum absolute atomic E-state index is 5.67. The minimum absolute atomic E-state index is 0.139. The van der Waals surface area contributed by atoms with Crippen molar-refractivity contribution in [3.05, 3.63) is 23.8 Å². The van der Waals surface area contributed by atoms with E-state index in [2.05, 4.69) is 13.8 Å². The third kappa shape index (κ3) is 2.70. The molecule has 4 nitrogen and oxygen atoms in total. The fourth-order valence-electron chi connectivity index (χ4n) is 1.88. The van der Waals surface area contributed by atoms with Gasteiger partial charge in [0.05, 0.1) is 19.8 Å². The Morgan fingerprint density at radius 3 is 2.65 bits per heavy atom. The van der Waals surface area contributed by atoms with Crippen molar-refractivity contribution in [3.63, 3.8) is 0 Å². The van der Waals surface area contributed by atoms with E-state index in [1.54, 1.807) is 0 Å². The molecule has 0 unspecified atom stereocenters. The van der Waals surface area contributed by atoms with Crippen LogP contribution in [0, 0.1) is 0 Å². The maximum atomic E-state index is 5.67. The summed E-state index contributed by atoms with van der Waals surface area (Å²) in [5.74, 6) is 6.78. The highest BCUT2D eigenvalue weighted by molar-refractivity contribution is 5.45. The number of nitrogens with two attached hydrogens (primary N) is 1. The Labute approximate surface area is 102 Å². The van der Waals surface area contributed by atoms with Crippen molar-refractivity contribution in [1.82, 2.24) is 0 Å². The number of ether oxygens (including phenoxy) is 2. The van der Waals surface area contributed by atoms with E-state index >= 15 is 0 Å². The first-order valence-electron chi connectivity index (χ1n) is 5.85. The van der Waals surface area contributed by atoms with E-state index in [9.17, 15) is 0 Å². The zero-order valence-electron chi connectivity index (χ0n) is 10.4. The highest BCUT2D eigenvalue weighted by Gasteiger charge is 2.23. The Balaban J connectivity index is 2.29. The molecular weight excluding hydrogens is 218 g/mol. The molecule has 0 amide bonds. The van der Waals surface area contributed by atoms with Gasteiger partial charge in [0, 0.05) is 11.8 Å². The van der Waals surface area contributed by atoms with Crippen LogP contribution in [0.1, 0.15) is 25.8 Å². The van der Waals surface area contributed by atoms with Crippen molar-refractivity contribution in [2.75, 3.05) is 19.8 Å². The molecule has 0 atom stereocenters. The van der Waals surface area contributed by atoms with Crippen LogP contribution in [-0.2, 0) is 10.3 Å². The number of rotatable bonds is 3. The van der Waals surface area contributed by atoms with Crippen LogP contribution >= 0.6 is 0 Å². The molecule has 0 aliphatic carbocycles. The molecule has 1 aromatic carbocycles. The third-order valence-corrected chi connectivity index (χ3v) is 2.97. The van der Waals surface area contributed by atoms with Gasteiger partial charge < -0.3 is 14.3 Å². The summed E-state index contributed by atoms with van der Waals surface area (Å²) < 4.78 is 11.3. The quantitative estimate of drug-likeness (QED) is 0.817. The van der Waals surface area contributed by atoms with Crippen LogP contribution in [0.15, 0.2) is 18.2 Å². The first-order chi connectivity index (χ1) is 8.13. The molecule has 0 aromatic heterocycles. The minimum atomic E-state index is -0.139. The number of hydrogen-bond donors (Lipinski definition) is 1. The predicted octanol–water partition coefficient (Wildman–Crippen LogP) is 2.02. The van der Waals surface area contributed by atoms with Gasteiger partial charge in [-0.1, -0.05) is 19.9 Å². The van der Waals surface area contributed by atoms with E-state index in [0.717, 1.165) is 23.5 Å². The normalized spacial score (nSPS) is 15.5. The van der Waals surface area contributed by atoms with Gasteiger partial charge in [-0.2, -0.15) is 0 Å². The van der Waals surface area contributed by atoms with Gasteiger partial charge in [0.1, 0.15) is 0 Å². The molecule has 17 heavy (non-hydrogen) atoms. The molecule has 0 spiro atoms. The Morgan fingerprint density at radius 2 is 1.94 bits per heavy atom. The molecule has 1 aliphatic rings. The summed E-state index contributed by atoms with van der Waals surface area (Å²) in [5, 5.41) is 0. The van der Waals surface area contributed by atoms with E-state index in [-0.39, 0.29) is 5.41 Å². The molecule has 0 radical (unpaired) electrons.